The molecule has 0 spiro atoms. The van der Waals surface area contributed by atoms with Crippen LogP contribution < -0.4 is 5.32 Å². The molecule has 1 atom stereocenters. The Morgan fingerprint density at radius 1 is 1.27 bits per heavy atom. The van der Waals surface area contributed by atoms with E-state index in [9.17, 15) is 9.59 Å². The minimum absolute atomic E-state index is 0.0418. The Bertz CT molecular complexity index is 1070. The number of nitrogens with one attached hydrogen (secondary N) is 1. The first-order valence-corrected chi connectivity index (χ1v) is 10.9. The molecule has 0 radical (unpaired) electrons. The SMILES string of the molecule is CC(=O)N1Cc2cccnc2C(C(=O)NCCc2nc(-c3ccc(Cl)cc3)cs2)C1. The topological polar surface area (TPSA) is 75.2 Å². The average Bonchev–Trinajstić information content (AvgIpc) is 3.22. The number of thiazole rings is 1. The van der Waals surface area contributed by atoms with Gasteiger partial charge in [-0.15, -0.1) is 11.3 Å². The molecule has 2 amide bonds. The van der Waals surface area contributed by atoms with Crippen LogP contribution >= 0.6 is 22.9 Å². The van der Waals surface area contributed by atoms with Crippen LogP contribution in [0.2, 0.25) is 5.02 Å². The summed E-state index contributed by atoms with van der Waals surface area (Å²) in [4.78, 5) is 35.5. The van der Waals surface area contributed by atoms with Crippen molar-refractivity contribution in [3.63, 3.8) is 0 Å². The minimum atomic E-state index is -0.459. The van der Waals surface area contributed by atoms with Gasteiger partial charge in [-0.1, -0.05) is 29.8 Å². The van der Waals surface area contributed by atoms with E-state index in [1.165, 1.54) is 6.92 Å². The van der Waals surface area contributed by atoms with E-state index in [1.807, 2.05) is 41.8 Å². The number of aromatic nitrogens is 2. The maximum Gasteiger partial charge on any atom is 0.230 e. The molecular formula is C22H21ClN4O2S. The molecule has 1 aliphatic rings. The smallest absolute Gasteiger partial charge is 0.230 e. The molecule has 1 aromatic carbocycles. The van der Waals surface area contributed by atoms with Crippen LogP contribution in [0.4, 0.5) is 0 Å². The third-order valence-corrected chi connectivity index (χ3v) is 6.27. The molecule has 3 aromatic rings. The van der Waals surface area contributed by atoms with E-state index >= 15 is 0 Å². The maximum atomic E-state index is 12.9. The lowest BCUT2D eigenvalue weighted by Gasteiger charge is -2.32. The van der Waals surface area contributed by atoms with Gasteiger partial charge in [-0.3, -0.25) is 14.6 Å². The Kier molecular flexibility index (Phi) is 6.11. The minimum Gasteiger partial charge on any atom is -0.355 e. The number of benzene rings is 1. The van der Waals surface area contributed by atoms with Crippen LogP contribution in [0.3, 0.4) is 0 Å². The van der Waals surface area contributed by atoms with Crippen LogP contribution in [0.15, 0.2) is 48.0 Å². The van der Waals surface area contributed by atoms with Crippen LogP contribution in [0.5, 0.6) is 0 Å². The Morgan fingerprint density at radius 2 is 2.07 bits per heavy atom. The zero-order chi connectivity index (χ0) is 21.1. The molecule has 0 saturated carbocycles. The molecule has 3 heterocycles. The molecule has 4 rings (SSSR count). The van der Waals surface area contributed by atoms with E-state index in [0.29, 0.717) is 31.1 Å². The molecule has 0 saturated heterocycles. The van der Waals surface area contributed by atoms with Crippen molar-refractivity contribution in [2.24, 2.45) is 0 Å². The van der Waals surface area contributed by atoms with Crippen LogP contribution in [0.25, 0.3) is 11.3 Å². The summed E-state index contributed by atoms with van der Waals surface area (Å²) in [6.07, 6.45) is 2.33. The third-order valence-electron chi connectivity index (χ3n) is 5.11. The van der Waals surface area contributed by atoms with E-state index in [1.54, 1.807) is 22.4 Å². The maximum absolute atomic E-state index is 12.9. The first-order chi connectivity index (χ1) is 14.5. The standard InChI is InChI=1S/C22H21ClN4O2S/c1-14(28)27-11-16-3-2-9-24-21(16)18(12-27)22(29)25-10-8-20-26-19(13-30-20)15-4-6-17(23)7-5-15/h2-7,9,13,18H,8,10-12H2,1H3,(H,25,29). The highest BCUT2D eigenvalue weighted by atomic mass is 35.5. The number of halogens is 1. The molecule has 1 aliphatic heterocycles. The summed E-state index contributed by atoms with van der Waals surface area (Å²) in [6.45, 7) is 2.85. The van der Waals surface area contributed by atoms with Crippen molar-refractivity contribution in [2.45, 2.75) is 25.8 Å². The number of hydrogen-bond acceptors (Lipinski definition) is 5. The monoisotopic (exact) mass is 440 g/mol. The highest BCUT2D eigenvalue weighted by Crippen LogP contribution is 2.27. The van der Waals surface area contributed by atoms with Crippen molar-refractivity contribution < 1.29 is 9.59 Å². The third kappa shape index (κ3) is 4.52. The number of pyridine rings is 1. The summed E-state index contributed by atoms with van der Waals surface area (Å²) in [5.41, 5.74) is 3.60. The number of amides is 2. The van der Waals surface area contributed by atoms with Gasteiger partial charge in [-0.2, -0.15) is 0 Å². The number of hydrogen-bond donors (Lipinski definition) is 1. The fourth-order valence-electron chi connectivity index (χ4n) is 3.52. The van der Waals surface area contributed by atoms with Crippen molar-refractivity contribution in [2.75, 3.05) is 13.1 Å². The molecule has 30 heavy (non-hydrogen) atoms. The van der Waals surface area contributed by atoms with E-state index in [-0.39, 0.29) is 11.8 Å². The summed E-state index contributed by atoms with van der Waals surface area (Å²) in [5.74, 6) is -0.616. The summed E-state index contributed by atoms with van der Waals surface area (Å²) >= 11 is 7.51. The van der Waals surface area contributed by atoms with Gasteiger partial charge in [-0.05, 0) is 23.8 Å². The summed E-state index contributed by atoms with van der Waals surface area (Å²) in [5, 5.41) is 6.64. The van der Waals surface area contributed by atoms with Gasteiger partial charge in [-0.25, -0.2) is 4.98 Å². The van der Waals surface area contributed by atoms with Crippen molar-refractivity contribution in [1.82, 2.24) is 20.2 Å². The molecule has 2 aromatic heterocycles. The lowest BCUT2D eigenvalue weighted by atomic mass is 9.94. The van der Waals surface area contributed by atoms with Crippen molar-refractivity contribution in [3.8, 4) is 11.3 Å². The normalized spacial score (nSPS) is 15.5. The van der Waals surface area contributed by atoms with Crippen LogP contribution in [-0.4, -0.2) is 39.8 Å². The summed E-state index contributed by atoms with van der Waals surface area (Å²) in [7, 11) is 0. The van der Waals surface area contributed by atoms with Gasteiger partial charge in [0.25, 0.3) is 0 Å². The van der Waals surface area contributed by atoms with Gasteiger partial charge in [0.15, 0.2) is 0 Å². The molecule has 6 nitrogen and oxygen atoms in total. The number of nitrogens with zero attached hydrogens (tertiary/aromatic N) is 3. The molecule has 0 bridgehead atoms. The average molecular weight is 441 g/mol. The lowest BCUT2D eigenvalue weighted by Crippen LogP contribution is -2.43. The van der Waals surface area contributed by atoms with Gasteiger partial charge in [0.2, 0.25) is 11.8 Å². The van der Waals surface area contributed by atoms with Crippen molar-refractivity contribution in [3.05, 3.63) is 69.3 Å². The largest absolute Gasteiger partial charge is 0.355 e. The number of rotatable bonds is 5. The second-order valence-electron chi connectivity index (χ2n) is 7.17. The van der Waals surface area contributed by atoms with Crippen LogP contribution in [0.1, 0.15) is 29.1 Å². The molecule has 8 heteroatoms. The van der Waals surface area contributed by atoms with E-state index < -0.39 is 5.92 Å². The quantitative estimate of drug-likeness (QED) is 0.656. The van der Waals surface area contributed by atoms with Gasteiger partial charge < -0.3 is 10.2 Å². The highest BCUT2D eigenvalue weighted by molar-refractivity contribution is 7.09. The molecule has 0 aliphatic carbocycles. The highest BCUT2D eigenvalue weighted by Gasteiger charge is 2.32. The van der Waals surface area contributed by atoms with E-state index in [4.69, 9.17) is 11.6 Å². The fourth-order valence-corrected chi connectivity index (χ4v) is 4.45. The van der Waals surface area contributed by atoms with Gasteiger partial charge >= 0.3 is 0 Å². The predicted molar refractivity (Wildman–Crippen MR) is 117 cm³/mol. The number of carbonyl (C=O) groups is 2. The first kappa shape index (κ1) is 20.5. The fraction of sp³-hybridized carbons (Fsp3) is 0.273. The second-order valence-corrected chi connectivity index (χ2v) is 8.55. The number of carbonyl (C=O) groups excluding carboxylic acids is 2. The predicted octanol–water partition coefficient (Wildman–Crippen LogP) is 3.66. The summed E-state index contributed by atoms with van der Waals surface area (Å²) in [6, 6.07) is 11.3. The summed E-state index contributed by atoms with van der Waals surface area (Å²) < 4.78 is 0. The van der Waals surface area contributed by atoms with Gasteiger partial charge in [0.05, 0.1) is 22.3 Å². The Balaban J connectivity index is 1.38. The first-order valence-electron chi connectivity index (χ1n) is 9.68. The number of fused-ring (bicyclic) bond motifs is 1. The second kappa shape index (κ2) is 8.93. The van der Waals surface area contributed by atoms with E-state index in [0.717, 1.165) is 27.5 Å². The van der Waals surface area contributed by atoms with Gasteiger partial charge in [0.1, 0.15) is 0 Å². The van der Waals surface area contributed by atoms with Crippen molar-refractivity contribution >= 4 is 34.8 Å². The van der Waals surface area contributed by atoms with Gasteiger partial charge in [0, 0.05) is 55.1 Å². The van der Waals surface area contributed by atoms with Crippen LogP contribution in [0, 0.1) is 0 Å². The van der Waals surface area contributed by atoms with Crippen LogP contribution in [-0.2, 0) is 22.6 Å². The Labute approximate surface area is 183 Å². The molecule has 1 N–H and O–H groups in total. The Hall–Kier alpha value is -2.77. The zero-order valence-electron chi connectivity index (χ0n) is 16.5. The lowest BCUT2D eigenvalue weighted by molar-refractivity contribution is -0.131. The molecule has 0 fully saturated rings. The molecular weight excluding hydrogens is 420 g/mol. The Morgan fingerprint density at radius 3 is 2.83 bits per heavy atom. The van der Waals surface area contributed by atoms with E-state index in [2.05, 4.69) is 15.3 Å². The molecule has 154 valence electrons. The zero-order valence-corrected chi connectivity index (χ0v) is 18.0. The molecule has 1 unspecified atom stereocenters. The van der Waals surface area contributed by atoms with Crippen molar-refractivity contribution in [1.29, 1.82) is 0 Å².